The minimum atomic E-state index is -0.940. The van der Waals surface area contributed by atoms with E-state index in [1.807, 2.05) is 37.4 Å². The third-order valence-electron chi connectivity index (χ3n) is 2.81. The summed E-state index contributed by atoms with van der Waals surface area (Å²) in [7, 11) is 0. The first kappa shape index (κ1) is 14.3. The highest BCUT2D eigenvalue weighted by molar-refractivity contribution is 7.10. The second-order valence-corrected chi connectivity index (χ2v) is 5.57. The zero-order valence-corrected chi connectivity index (χ0v) is 12.2. The largest absolute Gasteiger partial charge is 0.488 e. The van der Waals surface area contributed by atoms with Crippen LogP contribution in [0.3, 0.4) is 0 Å². The molecule has 20 heavy (non-hydrogen) atoms. The average molecular weight is 288 g/mol. The van der Waals surface area contributed by atoms with E-state index < -0.39 is 5.97 Å². The molecule has 1 aromatic carbocycles. The molecule has 0 saturated heterocycles. The van der Waals surface area contributed by atoms with Crippen molar-refractivity contribution in [2.75, 3.05) is 0 Å². The van der Waals surface area contributed by atoms with Crippen LogP contribution >= 0.6 is 11.3 Å². The molecule has 0 aliphatic carbocycles. The van der Waals surface area contributed by atoms with Crippen molar-refractivity contribution in [2.24, 2.45) is 0 Å². The van der Waals surface area contributed by atoms with Gasteiger partial charge in [0.15, 0.2) is 0 Å². The number of ether oxygens (including phenoxy) is 1. The Morgan fingerprint density at radius 1 is 1.35 bits per heavy atom. The highest BCUT2D eigenvalue weighted by Crippen LogP contribution is 2.22. The van der Waals surface area contributed by atoms with Crippen LogP contribution in [0.5, 0.6) is 5.75 Å². The molecule has 0 aliphatic heterocycles. The van der Waals surface area contributed by atoms with Crippen molar-refractivity contribution in [1.82, 2.24) is 0 Å². The maximum absolute atomic E-state index is 10.5. The molecule has 0 spiro atoms. The minimum Gasteiger partial charge on any atom is -0.488 e. The Hall–Kier alpha value is -2.07. The molecule has 0 radical (unpaired) electrons. The molecule has 2 rings (SSSR count). The molecule has 0 atom stereocenters. The Labute approximate surface area is 122 Å². The normalized spacial score (nSPS) is 10.9. The molecule has 3 nitrogen and oxygen atoms in total. The summed E-state index contributed by atoms with van der Waals surface area (Å²) >= 11 is 1.56. The second-order valence-electron chi connectivity index (χ2n) is 4.58. The number of carbonyl (C=O) groups is 1. The van der Waals surface area contributed by atoms with Gasteiger partial charge < -0.3 is 9.84 Å². The van der Waals surface area contributed by atoms with Crippen LogP contribution in [-0.2, 0) is 11.4 Å². The SMILES string of the molecule is Cc1ccc(C)c(OCc2cc(C=CC(=O)O)cs2)c1. The number of rotatable bonds is 5. The van der Waals surface area contributed by atoms with Crippen molar-refractivity contribution in [2.45, 2.75) is 20.5 Å². The molecule has 0 saturated carbocycles. The van der Waals surface area contributed by atoms with Crippen molar-refractivity contribution in [1.29, 1.82) is 0 Å². The van der Waals surface area contributed by atoms with Gasteiger partial charge in [0.05, 0.1) is 0 Å². The number of carboxylic acid groups (broad SMARTS) is 1. The predicted molar refractivity (Wildman–Crippen MR) is 81.2 cm³/mol. The Morgan fingerprint density at radius 3 is 2.90 bits per heavy atom. The fourth-order valence-corrected chi connectivity index (χ4v) is 2.51. The molecule has 4 heteroatoms. The fourth-order valence-electron chi connectivity index (χ4n) is 1.74. The molecule has 0 aliphatic rings. The third kappa shape index (κ3) is 3.96. The van der Waals surface area contributed by atoms with E-state index in [0.29, 0.717) is 6.61 Å². The van der Waals surface area contributed by atoms with E-state index in [9.17, 15) is 4.79 Å². The van der Waals surface area contributed by atoms with Crippen molar-refractivity contribution in [3.8, 4) is 5.75 Å². The van der Waals surface area contributed by atoms with Gasteiger partial charge in [-0.05, 0) is 54.1 Å². The van der Waals surface area contributed by atoms with Crippen molar-refractivity contribution < 1.29 is 14.6 Å². The highest BCUT2D eigenvalue weighted by Gasteiger charge is 2.03. The smallest absolute Gasteiger partial charge is 0.328 e. The van der Waals surface area contributed by atoms with Crippen LogP contribution in [0.15, 0.2) is 35.7 Å². The van der Waals surface area contributed by atoms with Crippen LogP contribution in [0.25, 0.3) is 6.08 Å². The van der Waals surface area contributed by atoms with Crippen LogP contribution < -0.4 is 4.74 Å². The van der Waals surface area contributed by atoms with E-state index in [-0.39, 0.29) is 0 Å². The van der Waals surface area contributed by atoms with E-state index in [1.165, 1.54) is 5.56 Å². The van der Waals surface area contributed by atoms with Crippen LogP contribution in [0.1, 0.15) is 21.6 Å². The number of benzene rings is 1. The lowest BCUT2D eigenvalue weighted by atomic mass is 10.1. The number of hydrogen-bond acceptors (Lipinski definition) is 3. The van der Waals surface area contributed by atoms with E-state index in [2.05, 4.69) is 6.07 Å². The Balaban J connectivity index is 2.01. The van der Waals surface area contributed by atoms with Crippen molar-refractivity contribution in [3.63, 3.8) is 0 Å². The van der Waals surface area contributed by atoms with Crippen LogP contribution in [-0.4, -0.2) is 11.1 Å². The molecule has 2 aromatic rings. The number of hydrogen-bond donors (Lipinski definition) is 1. The standard InChI is InChI=1S/C16H16O3S/c1-11-3-4-12(2)15(7-11)19-9-14-8-13(10-20-14)5-6-16(17)18/h3-8,10H,9H2,1-2H3,(H,17,18). The van der Waals surface area contributed by atoms with Gasteiger partial charge in [0.2, 0.25) is 0 Å². The zero-order valence-electron chi connectivity index (χ0n) is 11.4. The van der Waals surface area contributed by atoms with Gasteiger partial charge in [-0.25, -0.2) is 4.79 Å². The van der Waals surface area contributed by atoms with Gasteiger partial charge in [-0.15, -0.1) is 11.3 Å². The first-order valence-electron chi connectivity index (χ1n) is 6.23. The minimum absolute atomic E-state index is 0.496. The van der Waals surface area contributed by atoms with Crippen LogP contribution in [0.2, 0.25) is 0 Å². The van der Waals surface area contributed by atoms with Crippen molar-refractivity contribution in [3.05, 3.63) is 57.3 Å². The van der Waals surface area contributed by atoms with Gasteiger partial charge in [-0.3, -0.25) is 0 Å². The first-order chi connectivity index (χ1) is 9.54. The molecule has 0 unspecified atom stereocenters. The van der Waals surface area contributed by atoms with Gasteiger partial charge in [-0.2, -0.15) is 0 Å². The van der Waals surface area contributed by atoms with E-state index >= 15 is 0 Å². The molecule has 0 fully saturated rings. The number of aryl methyl sites for hydroxylation is 2. The summed E-state index contributed by atoms with van der Waals surface area (Å²) in [5, 5.41) is 10.5. The van der Waals surface area contributed by atoms with Gasteiger partial charge in [0.1, 0.15) is 12.4 Å². The summed E-state index contributed by atoms with van der Waals surface area (Å²) in [5.74, 6) is -0.0505. The summed E-state index contributed by atoms with van der Waals surface area (Å²) in [4.78, 5) is 11.5. The van der Waals surface area contributed by atoms with Crippen LogP contribution in [0, 0.1) is 13.8 Å². The number of thiophene rings is 1. The Morgan fingerprint density at radius 2 is 2.15 bits per heavy atom. The predicted octanol–water partition coefficient (Wildman–Crippen LogP) is 4.04. The molecule has 1 heterocycles. The summed E-state index contributed by atoms with van der Waals surface area (Å²) in [5.41, 5.74) is 3.16. The van der Waals surface area contributed by atoms with Crippen molar-refractivity contribution >= 4 is 23.4 Å². The molecular weight excluding hydrogens is 272 g/mol. The topological polar surface area (TPSA) is 46.5 Å². The molecule has 104 valence electrons. The monoisotopic (exact) mass is 288 g/mol. The zero-order chi connectivity index (χ0) is 14.5. The van der Waals surface area contributed by atoms with E-state index in [0.717, 1.165) is 27.8 Å². The average Bonchev–Trinajstić information content (AvgIpc) is 2.85. The summed E-state index contributed by atoms with van der Waals surface area (Å²) in [6, 6.07) is 8.06. The molecular formula is C16H16O3S. The summed E-state index contributed by atoms with van der Waals surface area (Å²) in [6.45, 7) is 4.55. The van der Waals surface area contributed by atoms with E-state index in [1.54, 1.807) is 17.4 Å². The van der Waals surface area contributed by atoms with Gasteiger partial charge in [0.25, 0.3) is 0 Å². The lowest BCUT2D eigenvalue weighted by molar-refractivity contribution is -0.131. The molecule has 1 aromatic heterocycles. The van der Waals surface area contributed by atoms with Gasteiger partial charge in [-0.1, -0.05) is 12.1 Å². The Bertz CT molecular complexity index is 641. The fraction of sp³-hybridized carbons (Fsp3) is 0.188. The van der Waals surface area contributed by atoms with E-state index in [4.69, 9.17) is 9.84 Å². The lowest BCUT2D eigenvalue weighted by Crippen LogP contribution is -1.95. The van der Waals surface area contributed by atoms with Crippen LogP contribution in [0.4, 0.5) is 0 Å². The highest BCUT2D eigenvalue weighted by atomic mass is 32.1. The molecule has 0 bridgehead atoms. The first-order valence-corrected chi connectivity index (χ1v) is 7.11. The van der Waals surface area contributed by atoms with Gasteiger partial charge in [0, 0.05) is 11.0 Å². The quantitative estimate of drug-likeness (QED) is 0.845. The maximum atomic E-state index is 10.5. The number of aliphatic carboxylic acids is 1. The third-order valence-corrected chi connectivity index (χ3v) is 3.73. The van der Waals surface area contributed by atoms with Gasteiger partial charge >= 0.3 is 5.97 Å². The Kier molecular flexibility index (Phi) is 4.58. The maximum Gasteiger partial charge on any atom is 0.328 e. The summed E-state index contributed by atoms with van der Waals surface area (Å²) < 4.78 is 5.81. The lowest BCUT2D eigenvalue weighted by Gasteiger charge is -2.08. The molecule has 0 amide bonds. The molecule has 1 N–H and O–H groups in total. The summed E-state index contributed by atoms with van der Waals surface area (Å²) in [6.07, 6.45) is 2.72. The second kappa shape index (κ2) is 6.39. The number of carboxylic acids is 1.